The van der Waals surface area contributed by atoms with E-state index >= 15 is 0 Å². The van der Waals surface area contributed by atoms with Crippen molar-refractivity contribution in [2.24, 2.45) is 0 Å². The fourth-order valence-corrected chi connectivity index (χ4v) is 2.94. The lowest BCUT2D eigenvalue weighted by atomic mass is 10.1. The van der Waals surface area contributed by atoms with Gasteiger partial charge in [-0.15, -0.1) is 11.3 Å². The average molecular weight is 313 g/mol. The maximum absolute atomic E-state index is 14.3. The lowest BCUT2D eigenvalue weighted by Crippen LogP contribution is -2.12. The lowest BCUT2D eigenvalue weighted by Gasteiger charge is -2.10. The summed E-state index contributed by atoms with van der Waals surface area (Å²) in [4.78, 5) is 14.8. The fraction of sp³-hybridized carbons (Fsp3) is 0.308. The highest BCUT2D eigenvalue weighted by Crippen LogP contribution is 2.36. The summed E-state index contributed by atoms with van der Waals surface area (Å²) in [5, 5.41) is 14.5. The van der Waals surface area contributed by atoms with E-state index in [9.17, 15) is 18.9 Å². The first-order valence-electron chi connectivity index (χ1n) is 6.13. The van der Waals surface area contributed by atoms with Gasteiger partial charge in [0.1, 0.15) is 5.82 Å². The molecule has 0 amide bonds. The summed E-state index contributed by atoms with van der Waals surface area (Å²) in [6, 6.07) is 1.37. The Labute approximate surface area is 123 Å². The van der Waals surface area contributed by atoms with Crippen LogP contribution in [0.15, 0.2) is 12.1 Å². The molecule has 0 spiro atoms. The average Bonchev–Trinajstić information content (AvgIpc) is 2.81. The Morgan fingerprint density at radius 3 is 2.67 bits per heavy atom. The molecule has 0 bridgehead atoms. The zero-order valence-electron chi connectivity index (χ0n) is 11.6. The van der Waals surface area contributed by atoms with Crippen molar-refractivity contribution in [3.8, 4) is 11.3 Å². The second-order valence-electron chi connectivity index (χ2n) is 4.50. The molecule has 0 radical (unpaired) electrons. The number of aromatic nitrogens is 1. The number of hydrogen-bond donors (Lipinski definition) is 1. The number of benzene rings is 1. The Bertz CT molecular complexity index is 703. The molecule has 1 N–H and O–H groups in total. The first-order chi connectivity index (χ1) is 9.85. The molecule has 0 saturated heterocycles. The van der Waals surface area contributed by atoms with Gasteiger partial charge >= 0.3 is 5.69 Å². The van der Waals surface area contributed by atoms with Crippen LogP contribution in [-0.4, -0.2) is 17.0 Å². The summed E-state index contributed by atoms with van der Waals surface area (Å²) >= 11 is 1.34. The Hall–Kier alpha value is -1.93. The van der Waals surface area contributed by atoms with Gasteiger partial charge in [0, 0.05) is 16.5 Å². The Morgan fingerprint density at radius 2 is 2.10 bits per heavy atom. The van der Waals surface area contributed by atoms with Crippen molar-refractivity contribution in [3.05, 3.63) is 43.8 Å². The van der Waals surface area contributed by atoms with Crippen LogP contribution in [0.25, 0.3) is 11.3 Å². The number of nitro groups is 1. The molecular formula is C13H13F2N3O2S. The van der Waals surface area contributed by atoms with Crippen molar-refractivity contribution in [2.75, 3.05) is 7.05 Å². The van der Waals surface area contributed by atoms with E-state index in [1.807, 2.05) is 6.92 Å². The third kappa shape index (κ3) is 2.91. The topological polar surface area (TPSA) is 68.1 Å². The molecule has 1 aromatic carbocycles. The van der Waals surface area contributed by atoms with E-state index in [0.29, 0.717) is 16.0 Å². The van der Waals surface area contributed by atoms with Gasteiger partial charge in [0.05, 0.1) is 21.7 Å². The first kappa shape index (κ1) is 15.5. The maximum atomic E-state index is 14.3. The van der Waals surface area contributed by atoms with Crippen LogP contribution in [0.5, 0.6) is 0 Å². The molecule has 0 aliphatic carbocycles. The van der Waals surface area contributed by atoms with Crippen LogP contribution >= 0.6 is 11.3 Å². The number of nitro benzene ring substituents is 1. The van der Waals surface area contributed by atoms with Gasteiger partial charge in [0.15, 0.2) is 0 Å². The molecule has 0 aliphatic heterocycles. The van der Waals surface area contributed by atoms with Gasteiger partial charge in [-0.1, -0.05) is 0 Å². The maximum Gasteiger partial charge on any atom is 0.308 e. The molecule has 5 nitrogen and oxygen atoms in total. The summed E-state index contributed by atoms with van der Waals surface area (Å²) < 4.78 is 27.8. The lowest BCUT2D eigenvalue weighted by molar-refractivity contribution is -0.387. The summed E-state index contributed by atoms with van der Waals surface area (Å²) in [5.41, 5.74) is -0.846. The molecule has 1 atom stereocenters. The van der Waals surface area contributed by atoms with Gasteiger partial charge in [0.2, 0.25) is 5.82 Å². The summed E-state index contributed by atoms with van der Waals surface area (Å²) in [6.07, 6.45) is 0. The number of nitrogens with one attached hydrogen (secondary N) is 1. The van der Waals surface area contributed by atoms with Crippen LogP contribution in [0.3, 0.4) is 0 Å². The van der Waals surface area contributed by atoms with Gasteiger partial charge in [-0.05, 0) is 27.0 Å². The minimum Gasteiger partial charge on any atom is -0.312 e. The van der Waals surface area contributed by atoms with E-state index in [1.165, 1.54) is 11.3 Å². The third-order valence-corrected chi connectivity index (χ3v) is 4.21. The second kappa shape index (κ2) is 5.82. The van der Waals surface area contributed by atoms with Crippen molar-refractivity contribution in [2.45, 2.75) is 19.9 Å². The normalized spacial score (nSPS) is 12.4. The highest BCUT2D eigenvalue weighted by atomic mass is 32.1. The smallest absolute Gasteiger partial charge is 0.308 e. The number of nitrogens with zero attached hydrogens (tertiary/aromatic N) is 2. The van der Waals surface area contributed by atoms with E-state index in [0.717, 1.165) is 6.07 Å². The van der Waals surface area contributed by atoms with Crippen LogP contribution in [0, 0.1) is 28.7 Å². The third-order valence-electron chi connectivity index (χ3n) is 3.06. The molecule has 2 aromatic rings. The molecule has 0 fully saturated rings. The Morgan fingerprint density at radius 1 is 1.43 bits per heavy atom. The quantitative estimate of drug-likeness (QED) is 0.692. The van der Waals surface area contributed by atoms with E-state index in [4.69, 9.17) is 0 Å². The largest absolute Gasteiger partial charge is 0.312 e. The predicted octanol–water partition coefficient (Wildman–Crippen LogP) is 3.59. The van der Waals surface area contributed by atoms with Crippen molar-refractivity contribution >= 4 is 17.0 Å². The molecule has 8 heteroatoms. The summed E-state index contributed by atoms with van der Waals surface area (Å²) in [7, 11) is 1.73. The summed E-state index contributed by atoms with van der Waals surface area (Å²) in [6.45, 7) is 3.59. The number of hydrogen-bond acceptors (Lipinski definition) is 5. The van der Waals surface area contributed by atoms with E-state index in [-0.39, 0.29) is 17.3 Å². The van der Waals surface area contributed by atoms with Crippen LogP contribution in [0.2, 0.25) is 0 Å². The second-order valence-corrected chi connectivity index (χ2v) is 5.73. The highest BCUT2D eigenvalue weighted by Gasteiger charge is 2.25. The molecule has 2 rings (SSSR count). The monoisotopic (exact) mass is 313 g/mol. The molecular weight excluding hydrogens is 300 g/mol. The molecule has 1 aromatic heterocycles. The van der Waals surface area contributed by atoms with Gasteiger partial charge < -0.3 is 5.32 Å². The van der Waals surface area contributed by atoms with Crippen molar-refractivity contribution < 1.29 is 13.7 Å². The molecule has 0 aliphatic rings. The zero-order valence-corrected chi connectivity index (χ0v) is 12.4. The molecule has 112 valence electrons. The van der Waals surface area contributed by atoms with Crippen molar-refractivity contribution in [1.82, 2.24) is 10.3 Å². The predicted molar refractivity (Wildman–Crippen MR) is 76.3 cm³/mol. The van der Waals surface area contributed by atoms with Crippen LogP contribution in [-0.2, 0) is 0 Å². The highest BCUT2D eigenvalue weighted by molar-refractivity contribution is 7.12. The fourth-order valence-electron chi connectivity index (χ4n) is 1.94. The molecule has 21 heavy (non-hydrogen) atoms. The summed E-state index contributed by atoms with van der Waals surface area (Å²) in [5.74, 6) is -1.94. The molecule has 0 saturated carbocycles. The number of halogens is 2. The minimum absolute atomic E-state index is 0.132. The number of rotatable bonds is 4. The van der Waals surface area contributed by atoms with E-state index < -0.39 is 22.2 Å². The number of thiazole rings is 1. The van der Waals surface area contributed by atoms with Crippen LogP contribution in [0.4, 0.5) is 14.5 Å². The Kier molecular flexibility index (Phi) is 4.29. The first-order valence-corrected chi connectivity index (χ1v) is 6.95. The van der Waals surface area contributed by atoms with Crippen LogP contribution in [0.1, 0.15) is 22.9 Å². The number of aryl methyl sites for hydroxylation is 1. The standard InChI is InChI=1S/C13H13F2N3O2S/c1-6(16-3)13-12(17-7(2)21-13)9-4-8(14)5-10(11(9)15)18(19)20/h4-6,16H,1-3H3. The van der Waals surface area contributed by atoms with E-state index in [1.54, 1.807) is 14.0 Å². The van der Waals surface area contributed by atoms with Gasteiger partial charge in [-0.25, -0.2) is 9.37 Å². The zero-order chi connectivity index (χ0) is 15.7. The van der Waals surface area contributed by atoms with E-state index in [2.05, 4.69) is 10.3 Å². The van der Waals surface area contributed by atoms with Gasteiger partial charge in [-0.2, -0.15) is 4.39 Å². The molecule has 1 unspecified atom stereocenters. The van der Waals surface area contributed by atoms with Crippen molar-refractivity contribution in [3.63, 3.8) is 0 Å². The molecule has 1 heterocycles. The van der Waals surface area contributed by atoms with Crippen molar-refractivity contribution in [1.29, 1.82) is 0 Å². The minimum atomic E-state index is -1.07. The van der Waals surface area contributed by atoms with Crippen LogP contribution < -0.4 is 5.32 Å². The van der Waals surface area contributed by atoms with Gasteiger partial charge in [-0.3, -0.25) is 10.1 Å². The Balaban J connectivity index is 2.70. The SMILES string of the molecule is CNC(C)c1sc(C)nc1-c1cc(F)cc([N+](=O)[O-])c1F. The van der Waals surface area contributed by atoms with Gasteiger partial charge in [0.25, 0.3) is 0 Å².